The van der Waals surface area contributed by atoms with Crippen LogP contribution in [0.25, 0.3) is 0 Å². The number of benzene rings is 1. The van der Waals surface area contributed by atoms with Gasteiger partial charge in [-0.3, -0.25) is 4.79 Å². The number of halogens is 3. The van der Waals surface area contributed by atoms with Gasteiger partial charge in [0.25, 0.3) is 3.79 Å². The predicted octanol–water partition coefficient (Wildman–Crippen LogP) is 3.55. The number of hydrogen-bond donors (Lipinski definition) is 0. The van der Waals surface area contributed by atoms with Crippen LogP contribution in [-0.2, 0) is 0 Å². The topological polar surface area (TPSA) is 17.1 Å². The molecule has 0 spiro atoms. The van der Waals surface area contributed by atoms with Crippen molar-refractivity contribution >= 4 is 40.6 Å². The van der Waals surface area contributed by atoms with Crippen molar-refractivity contribution < 1.29 is 4.79 Å². The highest BCUT2D eigenvalue weighted by atomic mass is 35.6. The summed E-state index contributed by atoms with van der Waals surface area (Å²) >= 11 is 16.3. The van der Waals surface area contributed by atoms with Crippen LogP contribution in [0.4, 0.5) is 0 Å². The summed E-state index contributed by atoms with van der Waals surface area (Å²) in [6.07, 6.45) is 0. The molecule has 0 radical (unpaired) electrons. The molecular formula is C9H7Cl3O. The van der Waals surface area contributed by atoms with E-state index in [0.717, 1.165) is 5.56 Å². The SMILES string of the molecule is Cc1ccc(C(=O)C(Cl)(Cl)Cl)cc1. The standard InChI is InChI=1S/C9H7Cl3O/c1-6-2-4-7(5-3-6)8(13)9(10,11)12/h2-5H,1H3. The molecule has 1 aromatic rings. The van der Waals surface area contributed by atoms with E-state index >= 15 is 0 Å². The van der Waals surface area contributed by atoms with E-state index in [1.54, 1.807) is 24.3 Å². The third-order valence-electron chi connectivity index (χ3n) is 1.57. The van der Waals surface area contributed by atoms with Gasteiger partial charge in [-0.15, -0.1) is 0 Å². The van der Waals surface area contributed by atoms with Crippen molar-refractivity contribution in [1.29, 1.82) is 0 Å². The maximum absolute atomic E-state index is 11.4. The molecule has 0 saturated heterocycles. The lowest BCUT2D eigenvalue weighted by Crippen LogP contribution is -2.18. The molecule has 13 heavy (non-hydrogen) atoms. The molecule has 4 heteroatoms. The first-order chi connectivity index (χ1) is 5.91. The van der Waals surface area contributed by atoms with Gasteiger partial charge in [-0.2, -0.15) is 0 Å². The summed E-state index contributed by atoms with van der Waals surface area (Å²) in [7, 11) is 0. The van der Waals surface area contributed by atoms with Crippen LogP contribution in [0, 0.1) is 6.92 Å². The minimum absolute atomic E-state index is 0.408. The van der Waals surface area contributed by atoms with Crippen LogP contribution in [0.2, 0.25) is 0 Å². The average molecular weight is 238 g/mol. The van der Waals surface area contributed by atoms with Crippen LogP contribution >= 0.6 is 34.8 Å². The molecule has 1 nitrogen and oxygen atoms in total. The Morgan fingerprint density at radius 2 is 1.62 bits per heavy atom. The van der Waals surface area contributed by atoms with E-state index in [1.807, 2.05) is 6.92 Å². The number of ketones is 1. The van der Waals surface area contributed by atoms with E-state index in [0.29, 0.717) is 5.56 Å². The molecule has 1 rings (SSSR count). The van der Waals surface area contributed by atoms with Crippen LogP contribution in [0.1, 0.15) is 15.9 Å². The quantitative estimate of drug-likeness (QED) is 0.539. The molecule has 0 aliphatic rings. The molecule has 0 saturated carbocycles. The fourth-order valence-electron chi connectivity index (χ4n) is 0.869. The molecule has 0 aliphatic carbocycles. The van der Waals surface area contributed by atoms with Gasteiger partial charge in [0.1, 0.15) is 0 Å². The molecule has 0 heterocycles. The second-order valence-corrected chi connectivity index (χ2v) is 4.97. The molecule has 0 aromatic heterocycles. The van der Waals surface area contributed by atoms with Crippen molar-refractivity contribution in [3.63, 3.8) is 0 Å². The summed E-state index contributed by atoms with van der Waals surface area (Å²) < 4.78 is -1.87. The monoisotopic (exact) mass is 236 g/mol. The summed E-state index contributed by atoms with van der Waals surface area (Å²) in [5, 5.41) is 0. The summed E-state index contributed by atoms with van der Waals surface area (Å²) in [6, 6.07) is 6.87. The van der Waals surface area contributed by atoms with Gasteiger partial charge in [0, 0.05) is 5.56 Å². The molecule has 0 bridgehead atoms. The smallest absolute Gasteiger partial charge is 0.253 e. The highest BCUT2D eigenvalue weighted by Crippen LogP contribution is 2.30. The minimum atomic E-state index is -1.87. The fraction of sp³-hybridized carbons (Fsp3) is 0.222. The number of carbonyl (C=O) groups excluding carboxylic acids is 1. The first kappa shape index (κ1) is 10.8. The fourth-order valence-corrected chi connectivity index (χ4v) is 1.20. The van der Waals surface area contributed by atoms with Crippen LogP contribution in [0.3, 0.4) is 0 Å². The van der Waals surface area contributed by atoms with E-state index in [9.17, 15) is 4.79 Å². The molecule has 0 fully saturated rings. The van der Waals surface area contributed by atoms with E-state index in [4.69, 9.17) is 34.8 Å². The number of Topliss-reactive ketones (excluding diaryl/α,β-unsaturated/α-hetero) is 1. The molecule has 0 N–H and O–H groups in total. The highest BCUT2D eigenvalue weighted by Gasteiger charge is 2.31. The normalized spacial score (nSPS) is 11.4. The van der Waals surface area contributed by atoms with E-state index in [1.165, 1.54) is 0 Å². The second-order valence-electron chi connectivity index (χ2n) is 2.69. The van der Waals surface area contributed by atoms with Gasteiger partial charge in [0.05, 0.1) is 0 Å². The summed E-state index contributed by atoms with van der Waals surface area (Å²) in [5.74, 6) is -0.502. The number of carbonyl (C=O) groups is 1. The Labute approximate surface area is 91.6 Å². The van der Waals surface area contributed by atoms with Crippen molar-refractivity contribution in [1.82, 2.24) is 0 Å². The zero-order valence-electron chi connectivity index (χ0n) is 6.85. The Bertz CT molecular complexity index is 311. The Balaban J connectivity index is 2.97. The van der Waals surface area contributed by atoms with Crippen molar-refractivity contribution in [2.45, 2.75) is 10.7 Å². The predicted molar refractivity (Wildman–Crippen MR) is 55.8 cm³/mol. The van der Waals surface area contributed by atoms with Gasteiger partial charge in [0.2, 0.25) is 5.78 Å². The molecule has 0 atom stereocenters. The number of rotatable bonds is 1. The van der Waals surface area contributed by atoms with Gasteiger partial charge in [0.15, 0.2) is 0 Å². The average Bonchev–Trinajstić information content (AvgIpc) is 2.03. The number of hydrogen-bond acceptors (Lipinski definition) is 1. The van der Waals surface area contributed by atoms with Crippen molar-refractivity contribution in [3.05, 3.63) is 35.4 Å². The van der Waals surface area contributed by atoms with Crippen molar-refractivity contribution in [2.75, 3.05) is 0 Å². The molecule has 70 valence electrons. The lowest BCUT2D eigenvalue weighted by molar-refractivity contribution is 0.0996. The molecule has 0 aliphatic heterocycles. The third kappa shape index (κ3) is 2.87. The maximum Gasteiger partial charge on any atom is 0.253 e. The van der Waals surface area contributed by atoms with E-state index in [-0.39, 0.29) is 0 Å². The zero-order chi connectivity index (χ0) is 10.1. The second kappa shape index (κ2) is 3.87. The van der Waals surface area contributed by atoms with E-state index in [2.05, 4.69) is 0 Å². The molecular weight excluding hydrogens is 230 g/mol. The zero-order valence-corrected chi connectivity index (χ0v) is 9.12. The number of alkyl halides is 3. The summed E-state index contributed by atoms with van der Waals surface area (Å²) in [6.45, 7) is 1.92. The highest BCUT2D eigenvalue weighted by molar-refractivity contribution is 6.77. The number of aryl methyl sites for hydroxylation is 1. The summed E-state index contributed by atoms with van der Waals surface area (Å²) in [5.41, 5.74) is 1.46. The van der Waals surface area contributed by atoms with Gasteiger partial charge in [-0.1, -0.05) is 64.6 Å². The van der Waals surface area contributed by atoms with Crippen LogP contribution in [-0.4, -0.2) is 9.58 Å². The van der Waals surface area contributed by atoms with Crippen LogP contribution in [0.5, 0.6) is 0 Å². The van der Waals surface area contributed by atoms with Crippen molar-refractivity contribution in [2.24, 2.45) is 0 Å². The van der Waals surface area contributed by atoms with Gasteiger partial charge >= 0.3 is 0 Å². The van der Waals surface area contributed by atoms with Gasteiger partial charge in [-0.25, -0.2) is 0 Å². The summed E-state index contributed by atoms with van der Waals surface area (Å²) in [4.78, 5) is 11.4. The minimum Gasteiger partial charge on any atom is -0.289 e. The van der Waals surface area contributed by atoms with Crippen LogP contribution in [0.15, 0.2) is 24.3 Å². The molecule has 1 aromatic carbocycles. The van der Waals surface area contributed by atoms with Gasteiger partial charge < -0.3 is 0 Å². The Kier molecular flexibility index (Phi) is 3.23. The third-order valence-corrected chi connectivity index (χ3v) is 2.09. The lowest BCUT2D eigenvalue weighted by atomic mass is 10.1. The van der Waals surface area contributed by atoms with Gasteiger partial charge in [-0.05, 0) is 6.92 Å². The largest absolute Gasteiger partial charge is 0.289 e. The lowest BCUT2D eigenvalue weighted by Gasteiger charge is -2.08. The Morgan fingerprint density at radius 1 is 1.15 bits per heavy atom. The molecule has 0 unspecified atom stereocenters. The Hall–Kier alpha value is -0.240. The first-order valence-corrected chi connectivity index (χ1v) is 4.73. The van der Waals surface area contributed by atoms with Crippen molar-refractivity contribution in [3.8, 4) is 0 Å². The first-order valence-electron chi connectivity index (χ1n) is 3.59. The maximum atomic E-state index is 11.4. The Morgan fingerprint density at radius 3 is 2.00 bits per heavy atom. The molecule has 0 amide bonds. The van der Waals surface area contributed by atoms with E-state index < -0.39 is 9.58 Å². The van der Waals surface area contributed by atoms with Crippen LogP contribution < -0.4 is 0 Å².